The summed E-state index contributed by atoms with van der Waals surface area (Å²) in [4.78, 5) is 35.3. The topological polar surface area (TPSA) is 84.9 Å². The van der Waals surface area contributed by atoms with E-state index in [4.69, 9.17) is 9.47 Å². The van der Waals surface area contributed by atoms with Gasteiger partial charge in [0, 0.05) is 13.0 Å². The van der Waals surface area contributed by atoms with Gasteiger partial charge in [-0.2, -0.15) is 0 Å². The van der Waals surface area contributed by atoms with E-state index in [-0.39, 0.29) is 37.8 Å². The lowest BCUT2D eigenvalue weighted by Gasteiger charge is -2.11. The molecule has 1 N–H and O–H groups in total. The van der Waals surface area contributed by atoms with Gasteiger partial charge in [0.2, 0.25) is 5.91 Å². The standard InChI is InChI=1S/C15H17FN2O5/c1-22-12-5-4-10(7-11(12)16)9-23-14(20)3-2-6-18-13(19)8-17-15(18)21/h4-5,7H,2-3,6,8-9H2,1H3,(H,17,21). The normalized spacial score (nSPS) is 13.9. The first kappa shape index (κ1) is 16.7. The summed E-state index contributed by atoms with van der Waals surface area (Å²) in [6.07, 6.45) is 0.380. The number of carbonyl (C=O) groups excluding carboxylic acids is 3. The van der Waals surface area contributed by atoms with E-state index >= 15 is 0 Å². The number of hydrogen-bond donors (Lipinski definition) is 1. The molecule has 1 aliphatic rings. The zero-order valence-electron chi connectivity index (χ0n) is 12.6. The van der Waals surface area contributed by atoms with E-state index in [1.165, 1.54) is 19.2 Å². The second-order valence-electron chi connectivity index (χ2n) is 4.94. The van der Waals surface area contributed by atoms with Gasteiger partial charge in [-0.1, -0.05) is 6.07 Å². The second kappa shape index (κ2) is 7.57. The molecule has 1 saturated heterocycles. The summed E-state index contributed by atoms with van der Waals surface area (Å²) in [5.74, 6) is -1.20. The largest absolute Gasteiger partial charge is 0.494 e. The number of imide groups is 1. The van der Waals surface area contributed by atoms with E-state index in [0.29, 0.717) is 12.0 Å². The molecule has 0 unspecified atom stereocenters. The summed E-state index contributed by atoms with van der Waals surface area (Å²) in [5.41, 5.74) is 0.505. The SMILES string of the molecule is COc1ccc(COC(=O)CCCN2C(=O)CNC2=O)cc1F. The highest BCUT2D eigenvalue weighted by molar-refractivity contribution is 6.01. The van der Waals surface area contributed by atoms with E-state index in [0.717, 1.165) is 4.90 Å². The molecular weight excluding hydrogens is 307 g/mol. The zero-order chi connectivity index (χ0) is 16.8. The van der Waals surface area contributed by atoms with Crippen molar-refractivity contribution in [3.05, 3.63) is 29.6 Å². The molecule has 1 fully saturated rings. The van der Waals surface area contributed by atoms with Gasteiger partial charge in [0.25, 0.3) is 0 Å². The van der Waals surface area contributed by atoms with Crippen LogP contribution in [0.5, 0.6) is 5.75 Å². The van der Waals surface area contributed by atoms with Crippen molar-refractivity contribution < 1.29 is 28.2 Å². The Morgan fingerprint density at radius 2 is 2.17 bits per heavy atom. The fourth-order valence-electron chi connectivity index (χ4n) is 2.10. The average Bonchev–Trinajstić information content (AvgIpc) is 2.85. The maximum Gasteiger partial charge on any atom is 0.324 e. The fraction of sp³-hybridized carbons (Fsp3) is 0.400. The van der Waals surface area contributed by atoms with Crippen molar-refractivity contribution >= 4 is 17.9 Å². The van der Waals surface area contributed by atoms with E-state index in [9.17, 15) is 18.8 Å². The Kier molecular flexibility index (Phi) is 5.51. The Bertz CT molecular complexity index is 604. The van der Waals surface area contributed by atoms with Crippen LogP contribution < -0.4 is 10.1 Å². The van der Waals surface area contributed by atoms with E-state index < -0.39 is 17.8 Å². The molecule has 0 radical (unpaired) electrons. The van der Waals surface area contributed by atoms with E-state index in [1.54, 1.807) is 6.07 Å². The lowest BCUT2D eigenvalue weighted by atomic mass is 10.2. The van der Waals surface area contributed by atoms with Gasteiger partial charge in [0.05, 0.1) is 13.7 Å². The lowest BCUT2D eigenvalue weighted by molar-refractivity contribution is -0.145. The number of amides is 3. The first-order chi connectivity index (χ1) is 11.0. The van der Waals surface area contributed by atoms with Gasteiger partial charge in [0.1, 0.15) is 6.61 Å². The molecule has 124 valence electrons. The van der Waals surface area contributed by atoms with Crippen molar-refractivity contribution in [2.45, 2.75) is 19.4 Å². The third kappa shape index (κ3) is 4.41. The minimum Gasteiger partial charge on any atom is -0.494 e. The highest BCUT2D eigenvalue weighted by Gasteiger charge is 2.27. The Morgan fingerprint density at radius 1 is 1.39 bits per heavy atom. The quantitative estimate of drug-likeness (QED) is 0.602. The number of rotatable bonds is 7. The number of urea groups is 1. The monoisotopic (exact) mass is 324 g/mol. The van der Waals surface area contributed by atoms with Gasteiger partial charge < -0.3 is 14.8 Å². The van der Waals surface area contributed by atoms with Crippen LogP contribution in [0.15, 0.2) is 18.2 Å². The number of hydrogen-bond acceptors (Lipinski definition) is 5. The number of nitrogens with zero attached hydrogens (tertiary/aromatic N) is 1. The Balaban J connectivity index is 1.72. The Morgan fingerprint density at radius 3 is 2.78 bits per heavy atom. The molecule has 2 rings (SSSR count). The van der Waals surface area contributed by atoms with Crippen molar-refractivity contribution in [2.75, 3.05) is 20.2 Å². The van der Waals surface area contributed by atoms with Crippen LogP contribution in [-0.2, 0) is 20.9 Å². The third-order valence-electron chi connectivity index (χ3n) is 3.32. The van der Waals surface area contributed by atoms with Crippen LogP contribution in [0.25, 0.3) is 0 Å². The van der Waals surface area contributed by atoms with Crippen LogP contribution in [-0.4, -0.2) is 43.0 Å². The molecule has 7 nitrogen and oxygen atoms in total. The van der Waals surface area contributed by atoms with Gasteiger partial charge in [0.15, 0.2) is 11.6 Å². The maximum atomic E-state index is 13.5. The predicted molar refractivity (Wildman–Crippen MR) is 77.1 cm³/mol. The van der Waals surface area contributed by atoms with Crippen LogP contribution in [0.1, 0.15) is 18.4 Å². The molecule has 23 heavy (non-hydrogen) atoms. The zero-order valence-corrected chi connectivity index (χ0v) is 12.6. The van der Waals surface area contributed by atoms with Gasteiger partial charge in [-0.15, -0.1) is 0 Å². The first-order valence-electron chi connectivity index (χ1n) is 7.07. The molecule has 1 heterocycles. The average molecular weight is 324 g/mol. The number of carbonyl (C=O) groups is 3. The summed E-state index contributed by atoms with van der Waals surface area (Å²) < 4.78 is 23.3. The minimum atomic E-state index is -0.528. The lowest BCUT2D eigenvalue weighted by Crippen LogP contribution is -2.32. The van der Waals surface area contributed by atoms with Crippen molar-refractivity contribution in [1.29, 1.82) is 0 Å². The molecule has 1 aliphatic heterocycles. The smallest absolute Gasteiger partial charge is 0.324 e. The molecule has 1 aromatic rings. The summed E-state index contributed by atoms with van der Waals surface area (Å²) in [7, 11) is 1.36. The molecule has 0 saturated carbocycles. The van der Waals surface area contributed by atoms with Crippen LogP contribution in [0.2, 0.25) is 0 Å². The van der Waals surface area contributed by atoms with Crippen LogP contribution in [0.4, 0.5) is 9.18 Å². The number of halogens is 1. The van der Waals surface area contributed by atoms with Gasteiger partial charge >= 0.3 is 12.0 Å². The molecule has 0 aliphatic carbocycles. The number of ether oxygens (including phenoxy) is 2. The number of methoxy groups -OCH3 is 1. The van der Waals surface area contributed by atoms with Crippen LogP contribution >= 0.6 is 0 Å². The molecule has 8 heteroatoms. The van der Waals surface area contributed by atoms with Crippen molar-refractivity contribution in [3.8, 4) is 5.75 Å². The summed E-state index contributed by atoms with van der Waals surface area (Å²) in [6.45, 7) is 0.103. The molecule has 0 aromatic heterocycles. The summed E-state index contributed by atoms with van der Waals surface area (Å²) >= 11 is 0. The van der Waals surface area contributed by atoms with Crippen LogP contribution in [0.3, 0.4) is 0 Å². The molecule has 3 amide bonds. The molecular formula is C15H17FN2O5. The maximum absolute atomic E-state index is 13.5. The predicted octanol–water partition coefficient (Wildman–Crippen LogP) is 1.21. The number of nitrogens with one attached hydrogen (secondary N) is 1. The fourth-order valence-corrected chi connectivity index (χ4v) is 2.10. The number of esters is 1. The Hall–Kier alpha value is -2.64. The van der Waals surface area contributed by atoms with Crippen molar-refractivity contribution in [3.63, 3.8) is 0 Å². The van der Waals surface area contributed by atoms with Gasteiger partial charge in [-0.25, -0.2) is 9.18 Å². The highest BCUT2D eigenvalue weighted by Crippen LogP contribution is 2.18. The Labute approximate surface area is 132 Å². The third-order valence-corrected chi connectivity index (χ3v) is 3.32. The molecule has 0 bridgehead atoms. The highest BCUT2D eigenvalue weighted by atomic mass is 19.1. The minimum absolute atomic E-state index is 0.00763. The van der Waals surface area contributed by atoms with E-state index in [1.807, 2.05) is 0 Å². The van der Waals surface area contributed by atoms with Gasteiger partial charge in [-0.05, 0) is 24.1 Å². The van der Waals surface area contributed by atoms with Crippen molar-refractivity contribution in [2.24, 2.45) is 0 Å². The van der Waals surface area contributed by atoms with E-state index in [2.05, 4.69) is 5.32 Å². The number of benzene rings is 1. The first-order valence-corrected chi connectivity index (χ1v) is 7.07. The summed E-state index contributed by atoms with van der Waals surface area (Å²) in [5, 5.41) is 2.39. The summed E-state index contributed by atoms with van der Waals surface area (Å²) in [6, 6.07) is 3.84. The van der Waals surface area contributed by atoms with Crippen LogP contribution in [0, 0.1) is 5.82 Å². The molecule has 0 spiro atoms. The second-order valence-corrected chi connectivity index (χ2v) is 4.94. The molecule has 0 atom stereocenters. The van der Waals surface area contributed by atoms with Crippen molar-refractivity contribution in [1.82, 2.24) is 10.2 Å². The van der Waals surface area contributed by atoms with Gasteiger partial charge in [-0.3, -0.25) is 14.5 Å². The molecule has 1 aromatic carbocycles.